The highest BCUT2D eigenvalue weighted by Gasteiger charge is 2.14. The molecule has 2 rings (SSSR count). The van der Waals surface area contributed by atoms with Crippen LogP contribution in [0.15, 0.2) is 29.1 Å². The number of aromatic nitrogens is 2. The molecule has 0 saturated carbocycles. The smallest absolute Gasteiger partial charge is 0.308 e. The fourth-order valence-corrected chi connectivity index (χ4v) is 2.30. The van der Waals surface area contributed by atoms with E-state index in [4.69, 9.17) is 9.84 Å². The quantitative estimate of drug-likeness (QED) is 0.879. The summed E-state index contributed by atoms with van der Waals surface area (Å²) in [5, 5.41) is 8.81. The predicted molar refractivity (Wildman–Crippen MR) is 90.4 cm³/mol. The first-order valence-electron chi connectivity index (χ1n) is 7.70. The number of ether oxygens (including phenoxy) is 1. The average molecular weight is 330 g/mol. The second-order valence-electron chi connectivity index (χ2n) is 6.71. The van der Waals surface area contributed by atoms with Crippen molar-refractivity contribution in [1.82, 2.24) is 9.97 Å². The van der Waals surface area contributed by atoms with E-state index in [-0.39, 0.29) is 24.0 Å². The molecule has 6 heteroatoms. The van der Waals surface area contributed by atoms with Crippen molar-refractivity contribution >= 4 is 5.97 Å². The maximum absolute atomic E-state index is 11.9. The van der Waals surface area contributed by atoms with Crippen LogP contribution in [0, 0.1) is 6.92 Å². The lowest BCUT2D eigenvalue weighted by molar-refractivity contribution is -0.136. The number of rotatable bonds is 5. The molecule has 0 amide bonds. The molecule has 1 heterocycles. The maximum Gasteiger partial charge on any atom is 0.308 e. The van der Waals surface area contributed by atoms with Gasteiger partial charge in [0.2, 0.25) is 0 Å². The zero-order valence-corrected chi connectivity index (χ0v) is 14.3. The Hall–Kier alpha value is -2.63. The molecule has 0 radical (unpaired) electrons. The lowest BCUT2D eigenvalue weighted by Gasteiger charge is -2.19. The van der Waals surface area contributed by atoms with Gasteiger partial charge in [-0.15, -0.1) is 0 Å². The molecule has 0 fully saturated rings. The van der Waals surface area contributed by atoms with Gasteiger partial charge in [-0.2, -0.15) is 0 Å². The minimum atomic E-state index is -1.06. The molecule has 6 nitrogen and oxygen atoms in total. The van der Waals surface area contributed by atoms with Gasteiger partial charge in [-0.05, 0) is 30.0 Å². The number of carboxylic acids is 1. The Morgan fingerprint density at radius 2 is 1.88 bits per heavy atom. The van der Waals surface area contributed by atoms with Crippen LogP contribution in [0.1, 0.15) is 43.4 Å². The lowest BCUT2D eigenvalue weighted by Crippen LogP contribution is -2.22. The second-order valence-corrected chi connectivity index (χ2v) is 6.71. The summed E-state index contributed by atoms with van der Waals surface area (Å²) in [4.78, 5) is 29.5. The minimum Gasteiger partial charge on any atom is -0.486 e. The van der Waals surface area contributed by atoms with Crippen LogP contribution in [0.2, 0.25) is 0 Å². The Bertz CT molecular complexity index is 786. The van der Waals surface area contributed by atoms with Gasteiger partial charge < -0.3 is 14.8 Å². The van der Waals surface area contributed by atoms with Crippen molar-refractivity contribution in [2.24, 2.45) is 0 Å². The molecule has 2 aromatic rings. The molecule has 0 aliphatic carbocycles. The zero-order valence-electron chi connectivity index (χ0n) is 14.3. The lowest BCUT2D eigenvalue weighted by atomic mass is 9.87. The number of benzene rings is 1. The van der Waals surface area contributed by atoms with E-state index < -0.39 is 11.5 Å². The Labute approximate surface area is 140 Å². The Balaban J connectivity index is 2.10. The van der Waals surface area contributed by atoms with Gasteiger partial charge in [-0.1, -0.05) is 32.9 Å². The first kappa shape index (κ1) is 17.7. The number of hydrogen-bond donors (Lipinski definition) is 2. The zero-order chi connectivity index (χ0) is 17.9. The summed E-state index contributed by atoms with van der Waals surface area (Å²) in [6, 6.07) is 7.77. The molecular weight excluding hydrogens is 308 g/mol. The third-order valence-electron chi connectivity index (χ3n) is 3.70. The number of nitrogens with one attached hydrogen (secondary N) is 1. The number of aliphatic carboxylic acids is 1. The number of aromatic amines is 1. The normalized spacial score (nSPS) is 11.3. The predicted octanol–water partition coefficient (Wildman–Crippen LogP) is 2.58. The molecule has 24 heavy (non-hydrogen) atoms. The van der Waals surface area contributed by atoms with Crippen LogP contribution in [0.5, 0.6) is 5.75 Å². The molecule has 2 N–H and O–H groups in total. The molecule has 0 spiro atoms. The van der Waals surface area contributed by atoms with Crippen molar-refractivity contribution in [2.75, 3.05) is 0 Å². The van der Waals surface area contributed by atoms with Gasteiger partial charge in [0.15, 0.2) is 0 Å². The van der Waals surface area contributed by atoms with Crippen molar-refractivity contribution < 1.29 is 14.6 Å². The minimum absolute atomic E-state index is 0.0718. The van der Waals surface area contributed by atoms with Crippen molar-refractivity contribution in [1.29, 1.82) is 0 Å². The van der Waals surface area contributed by atoms with Crippen LogP contribution in [0.25, 0.3) is 0 Å². The van der Waals surface area contributed by atoms with Gasteiger partial charge in [0.1, 0.15) is 18.2 Å². The third kappa shape index (κ3) is 4.44. The number of aryl methyl sites for hydroxylation is 1. The highest BCUT2D eigenvalue weighted by molar-refractivity contribution is 5.70. The van der Waals surface area contributed by atoms with Crippen molar-refractivity contribution in [2.45, 2.75) is 46.1 Å². The molecular formula is C18H22N2O4. The van der Waals surface area contributed by atoms with Crippen LogP contribution >= 0.6 is 0 Å². The monoisotopic (exact) mass is 330 g/mol. The van der Waals surface area contributed by atoms with Crippen LogP contribution in [-0.2, 0) is 23.2 Å². The van der Waals surface area contributed by atoms with Crippen molar-refractivity contribution in [3.63, 3.8) is 0 Å². The molecule has 0 aliphatic rings. The Kier molecular flexibility index (Phi) is 5.07. The highest BCUT2D eigenvalue weighted by atomic mass is 16.5. The molecule has 0 bridgehead atoms. The summed E-state index contributed by atoms with van der Waals surface area (Å²) in [5.41, 5.74) is 1.41. The average Bonchev–Trinajstić information content (AvgIpc) is 2.48. The van der Waals surface area contributed by atoms with Gasteiger partial charge in [0.05, 0.1) is 6.42 Å². The summed E-state index contributed by atoms with van der Waals surface area (Å²) in [5.74, 6) is -0.0159. The number of nitrogens with zero attached hydrogens (tertiary/aromatic N) is 1. The van der Waals surface area contributed by atoms with E-state index in [9.17, 15) is 9.59 Å². The Morgan fingerprint density at radius 3 is 2.38 bits per heavy atom. The third-order valence-corrected chi connectivity index (χ3v) is 3.70. The molecule has 1 aromatic heterocycles. The van der Waals surface area contributed by atoms with Crippen LogP contribution in [0.4, 0.5) is 0 Å². The first-order valence-corrected chi connectivity index (χ1v) is 7.70. The number of H-pyrrole nitrogens is 1. The number of carbonyl (C=O) groups is 1. The van der Waals surface area contributed by atoms with Gasteiger partial charge >= 0.3 is 5.97 Å². The van der Waals surface area contributed by atoms with E-state index >= 15 is 0 Å². The van der Waals surface area contributed by atoms with Gasteiger partial charge in [-0.3, -0.25) is 9.59 Å². The highest BCUT2D eigenvalue weighted by Crippen LogP contribution is 2.24. The van der Waals surface area contributed by atoms with Crippen molar-refractivity contribution in [3.05, 3.63) is 57.3 Å². The maximum atomic E-state index is 11.9. The summed E-state index contributed by atoms with van der Waals surface area (Å²) >= 11 is 0. The van der Waals surface area contributed by atoms with E-state index in [0.717, 1.165) is 0 Å². The molecule has 0 unspecified atom stereocenters. The fraction of sp³-hybridized carbons (Fsp3) is 0.389. The molecule has 0 aliphatic heterocycles. The van der Waals surface area contributed by atoms with E-state index in [1.54, 1.807) is 6.92 Å². The van der Waals surface area contributed by atoms with Gasteiger partial charge in [0, 0.05) is 11.3 Å². The SMILES string of the molecule is Cc1nc(COc2ccc(C(C)(C)C)cc2)[nH]c(=O)c1CC(=O)O. The molecule has 128 valence electrons. The summed E-state index contributed by atoms with van der Waals surface area (Å²) < 4.78 is 5.64. The second kappa shape index (κ2) is 6.86. The number of hydrogen-bond acceptors (Lipinski definition) is 4. The van der Waals surface area contributed by atoms with Crippen LogP contribution in [0.3, 0.4) is 0 Å². The topological polar surface area (TPSA) is 92.3 Å². The molecule has 0 saturated heterocycles. The largest absolute Gasteiger partial charge is 0.486 e. The summed E-state index contributed by atoms with van der Waals surface area (Å²) in [7, 11) is 0. The molecule has 1 aromatic carbocycles. The van der Waals surface area contributed by atoms with E-state index in [2.05, 4.69) is 30.7 Å². The van der Waals surface area contributed by atoms with Crippen LogP contribution < -0.4 is 10.3 Å². The molecule has 0 atom stereocenters. The van der Waals surface area contributed by atoms with Gasteiger partial charge in [0.25, 0.3) is 5.56 Å². The standard InChI is InChI=1S/C18H22N2O4/c1-11-14(9-16(21)22)17(23)20-15(19-11)10-24-13-7-5-12(6-8-13)18(2,3)4/h5-8H,9-10H2,1-4H3,(H,21,22)(H,19,20,23). The fourth-order valence-electron chi connectivity index (χ4n) is 2.30. The van der Waals surface area contributed by atoms with Gasteiger partial charge in [-0.25, -0.2) is 4.98 Å². The van der Waals surface area contributed by atoms with E-state index in [1.807, 2.05) is 24.3 Å². The summed E-state index contributed by atoms with van der Waals surface area (Å²) in [6.07, 6.45) is -0.344. The van der Waals surface area contributed by atoms with Crippen molar-refractivity contribution in [3.8, 4) is 5.75 Å². The first-order chi connectivity index (χ1) is 11.2. The number of carboxylic acid groups (broad SMARTS) is 1. The van der Waals surface area contributed by atoms with Crippen LogP contribution in [-0.4, -0.2) is 21.0 Å². The van der Waals surface area contributed by atoms with E-state index in [1.165, 1.54) is 5.56 Å². The van der Waals surface area contributed by atoms with E-state index in [0.29, 0.717) is 17.3 Å². The Morgan fingerprint density at radius 1 is 1.25 bits per heavy atom. The summed E-state index contributed by atoms with van der Waals surface area (Å²) in [6.45, 7) is 8.14.